The Morgan fingerprint density at radius 2 is 1.91 bits per heavy atom. The van der Waals surface area contributed by atoms with E-state index in [0.29, 0.717) is 12.1 Å². The highest BCUT2D eigenvalue weighted by Gasteiger charge is 2.16. The molecule has 8 heteroatoms. The lowest BCUT2D eigenvalue weighted by atomic mass is 10.2. The van der Waals surface area contributed by atoms with E-state index < -0.39 is 16.0 Å². The summed E-state index contributed by atoms with van der Waals surface area (Å²) >= 11 is 0. The lowest BCUT2D eigenvalue weighted by Crippen LogP contribution is -2.12. The largest absolute Gasteiger partial charge is 0.461 e. The number of hydrogen-bond donors (Lipinski definition) is 1. The maximum absolute atomic E-state index is 11.7. The molecule has 2 N–H and O–H groups in total. The summed E-state index contributed by atoms with van der Waals surface area (Å²) in [6.45, 7) is 3.93. The van der Waals surface area contributed by atoms with Crippen LogP contribution in [0, 0.1) is 0 Å². The molecule has 1 aromatic heterocycles. The van der Waals surface area contributed by atoms with Crippen LogP contribution in [0.2, 0.25) is 0 Å². The van der Waals surface area contributed by atoms with Crippen LogP contribution in [0.4, 0.5) is 0 Å². The molecule has 0 aliphatic rings. The van der Waals surface area contributed by atoms with Crippen molar-refractivity contribution in [1.82, 2.24) is 9.78 Å². The minimum Gasteiger partial charge on any atom is -0.461 e. The molecular formula is C14H17N3O4S. The van der Waals surface area contributed by atoms with Crippen molar-refractivity contribution in [2.75, 3.05) is 6.61 Å². The van der Waals surface area contributed by atoms with Gasteiger partial charge in [-0.3, -0.25) is 0 Å². The van der Waals surface area contributed by atoms with E-state index in [1.165, 1.54) is 12.1 Å². The zero-order chi connectivity index (χ0) is 16.3. The number of aromatic nitrogens is 2. The second kappa shape index (κ2) is 6.29. The average Bonchev–Trinajstić information content (AvgIpc) is 2.91. The Bertz CT molecular complexity index is 779. The van der Waals surface area contributed by atoms with Gasteiger partial charge >= 0.3 is 5.97 Å². The van der Waals surface area contributed by atoms with Crippen molar-refractivity contribution in [2.24, 2.45) is 5.14 Å². The lowest BCUT2D eigenvalue weighted by Gasteiger charge is -2.06. The average molecular weight is 323 g/mol. The molecule has 2 rings (SSSR count). The van der Waals surface area contributed by atoms with E-state index >= 15 is 0 Å². The molecule has 22 heavy (non-hydrogen) atoms. The number of carbonyl (C=O) groups excluding carboxylic acids is 1. The molecule has 118 valence electrons. The molecule has 2 aromatic rings. The van der Waals surface area contributed by atoms with Crippen LogP contribution in [0.5, 0.6) is 0 Å². The maximum Gasteiger partial charge on any atom is 0.358 e. The summed E-state index contributed by atoms with van der Waals surface area (Å²) in [4.78, 5) is 11.8. The first-order chi connectivity index (χ1) is 10.4. The molecule has 1 heterocycles. The number of ether oxygens (including phenoxy) is 1. The van der Waals surface area contributed by atoms with E-state index in [-0.39, 0.29) is 17.2 Å². The minimum atomic E-state index is -3.74. The molecule has 0 bridgehead atoms. The first-order valence-corrected chi connectivity index (χ1v) is 8.30. The monoisotopic (exact) mass is 323 g/mol. The molecule has 0 aliphatic heterocycles. The SMILES string of the molecule is CCOC(=O)c1cc(CC)n(-c2ccc(S(N)(=O)=O)cc2)n1. The van der Waals surface area contributed by atoms with Crippen LogP contribution in [-0.4, -0.2) is 30.8 Å². The summed E-state index contributed by atoms with van der Waals surface area (Å²) in [6, 6.07) is 7.62. The van der Waals surface area contributed by atoms with Crippen molar-refractivity contribution >= 4 is 16.0 Å². The Hall–Kier alpha value is -2.19. The maximum atomic E-state index is 11.7. The van der Waals surface area contributed by atoms with Gasteiger partial charge in [-0.1, -0.05) is 6.92 Å². The Balaban J connectivity index is 2.41. The lowest BCUT2D eigenvalue weighted by molar-refractivity contribution is 0.0519. The van der Waals surface area contributed by atoms with Crippen LogP contribution in [0.1, 0.15) is 30.0 Å². The second-order valence-electron chi connectivity index (χ2n) is 4.55. The Kier molecular flexibility index (Phi) is 4.62. The number of primary sulfonamides is 1. The highest BCUT2D eigenvalue weighted by atomic mass is 32.2. The fourth-order valence-electron chi connectivity index (χ4n) is 1.98. The third-order valence-electron chi connectivity index (χ3n) is 3.04. The van der Waals surface area contributed by atoms with E-state index in [0.717, 1.165) is 5.69 Å². The molecule has 0 saturated carbocycles. The van der Waals surface area contributed by atoms with Gasteiger partial charge in [-0.2, -0.15) is 5.10 Å². The number of sulfonamides is 1. The Labute approximate surface area is 128 Å². The molecule has 7 nitrogen and oxygen atoms in total. The standard InChI is InChI=1S/C14H17N3O4S/c1-3-10-9-13(14(18)21-4-2)16-17(10)11-5-7-12(8-6-11)22(15,19)20/h5-9H,3-4H2,1-2H3,(H2,15,19,20). The van der Waals surface area contributed by atoms with Crippen molar-refractivity contribution in [3.8, 4) is 5.69 Å². The number of aryl methyl sites for hydroxylation is 1. The minimum absolute atomic E-state index is 0.0204. The quantitative estimate of drug-likeness (QED) is 0.834. The van der Waals surface area contributed by atoms with Gasteiger partial charge in [-0.05, 0) is 43.7 Å². The van der Waals surface area contributed by atoms with Gasteiger partial charge in [0, 0.05) is 5.69 Å². The molecule has 0 spiro atoms. The fraction of sp³-hybridized carbons (Fsp3) is 0.286. The number of nitrogens with two attached hydrogens (primary N) is 1. The van der Waals surface area contributed by atoms with E-state index in [1.807, 2.05) is 6.92 Å². The summed E-state index contributed by atoms with van der Waals surface area (Å²) < 4.78 is 29.0. The molecule has 1 aromatic carbocycles. The Morgan fingerprint density at radius 3 is 2.41 bits per heavy atom. The van der Waals surface area contributed by atoms with Gasteiger partial charge in [-0.15, -0.1) is 0 Å². The number of benzene rings is 1. The highest BCUT2D eigenvalue weighted by molar-refractivity contribution is 7.89. The van der Waals surface area contributed by atoms with Gasteiger partial charge in [0.15, 0.2) is 5.69 Å². The second-order valence-corrected chi connectivity index (χ2v) is 6.11. The number of esters is 1. The smallest absolute Gasteiger partial charge is 0.358 e. The number of nitrogens with zero attached hydrogens (tertiary/aromatic N) is 2. The normalized spacial score (nSPS) is 11.4. The molecule has 0 atom stereocenters. The molecule has 0 amide bonds. The van der Waals surface area contributed by atoms with E-state index in [4.69, 9.17) is 9.88 Å². The van der Waals surface area contributed by atoms with Crippen molar-refractivity contribution in [3.05, 3.63) is 41.7 Å². The number of rotatable bonds is 5. The van der Waals surface area contributed by atoms with Gasteiger partial charge < -0.3 is 4.74 Å². The summed E-state index contributed by atoms with van der Waals surface area (Å²) in [6.07, 6.45) is 0.656. The van der Waals surface area contributed by atoms with Crippen LogP contribution in [0.25, 0.3) is 5.69 Å². The van der Waals surface area contributed by atoms with Gasteiger partial charge in [0.1, 0.15) is 0 Å². The molecule has 0 unspecified atom stereocenters. The molecular weight excluding hydrogens is 306 g/mol. The Morgan fingerprint density at radius 1 is 1.27 bits per heavy atom. The van der Waals surface area contributed by atoms with E-state index in [2.05, 4.69) is 5.10 Å². The summed E-state index contributed by atoms with van der Waals surface area (Å²) in [5.74, 6) is -0.489. The third kappa shape index (κ3) is 3.34. The summed E-state index contributed by atoms with van der Waals surface area (Å²) in [5, 5.41) is 9.29. The predicted molar refractivity (Wildman–Crippen MR) is 80.3 cm³/mol. The molecule has 0 fully saturated rings. The van der Waals surface area contributed by atoms with E-state index in [1.54, 1.807) is 29.8 Å². The number of hydrogen-bond acceptors (Lipinski definition) is 5. The van der Waals surface area contributed by atoms with Crippen LogP contribution in [0.3, 0.4) is 0 Å². The van der Waals surface area contributed by atoms with Gasteiger partial charge in [-0.25, -0.2) is 23.0 Å². The van der Waals surface area contributed by atoms with Crippen LogP contribution >= 0.6 is 0 Å². The van der Waals surface area contributed by atoms with Crippen molar-refractivity contribution < 1.29 is 17.9 Å². The van der Waals surface area contributed by atoms with Crippen molar-refractivity contribution in [2.45, 2.75) is 25.2 Å². The molecule has 0 aliphatic carbocycles. The zero-order valence-electron chi connectivity index (χ0n) is 12.3. The third-order valence-corrected chi connectivity index (χ3v) is 3.97. The molecule has 0 saturated heterocycles. The van der Waals surface area contributed by atoms with Crippen LogP contribution in [0.15, 0.2) is 35.2 Å². The van der Waals surface area contributed by atoms with Gasteiger partial charge in [0.2, 0.25) is 10.0 Å². The van der Waals surface area contributed by atoms with Crippen molar-refractivity contribution in [1.29, 1.82) is 0 Å². The highest BCUT2D eigenvalue weighted by Crippen LogP contribution is 2.16. The summed E-state index contributed by atoms with van der Waals surface area (Å²) in [5.41, 5.74) is 1.67. The summed E-state index contributed by atoms with van der Waals surface area (Å²) in [7, 11) is -3.74. The van der Waals surface area contributed by atoms with E-state index in [9.17, 15) is 13.2 Å². The first kappa shape index (κ1) is 16.2. The van der Waals surface area contributed by atoms with Crippen LogP contribution in [-0.2, 0) is 21.2 Å². The molecule has 0 radical (unpaired) electrons. The number of carbonyl (C=O) groups is 1. The fourth-order valence-corrected chi connectivity index (χ4v) is 2.49. The zero-order valence-corrected chi connectivity index (χ0v) is 13.1. The van der Waals surface area contributed by atoms with Gasteiger partial charge in [0.25, 0.3) is 0 Å². The first-order valence-electron chi connectivity index (χ1n) is 6.76. The van der Waals surface area contributed by atoms with Crippen molar-refractivity contribution in [3.63, 3.8) is 0 Å². The predicted octanol–water partition coefficient (Wildman–Crippen LogP) is 1.26. The topological polar surface area (TPSA) is 104 Å². The van der Waals surface area contributed by atoms with Gasteiger partial charge in [0.05, 0.1) is 17.2 Å². The van der Waals surface area contributed by atoms with Crippen LogP contribution < -0.4 is 5.14 Å².